The zero-order chi connectivity index (χ0) is 23.6. The Hall–Kier alpha value is -3.41. The largest absolute Gasteiger partial charge is 0.476 e. The van der Waals surface area contributed by atoms with Crippen molar-refractivity contribution in [3.05, 3.63) is 76.5 Å². The molecular formula is C22H18BrN5O4S. The van der Waals surface area contributed by atoms with Gasteiger partial charge < -0.3 is 10.4 Å². The van der Waals surface area contributed by atoms with Gasteiger partial charge in [0, 0.05) is 27.3 Å². The van der Waals surface area contributed by atoms with Crippen LogP contribution in [0.2, 0.25) is 0 Å². The van der Waals surface area contributed by atoms with E-state index in [0.717, 1.165) is 4.47 Å². The van der Waals surface area contributed by atoms with Crippen LogP contribution in [0.5, 0.6) is 0 Å². The molecule has 0 aliphatic carbocycles. The number of nitrogens with one attached hydrogen (secondary N) is 2. The fraction of sp³-hybridized carbons (Fsp3) is 0.0909. The second-order valence-electron chi connectivity index (χ2n) is 7.06. The number of hydrogen-bond donors (Lipinski definition) is 3. The van der Waals surface area contributed by atoms with E-state index in [4.69, 9.17) is 0 Å². The summed E-state index contributed by atoms with van der Waals surface area (Å²) in [6, 6.07) is 15.8. The number of anilines is 2. The van der Waals surface area contributed by atoms with Crippen molar-refractivity contribution in [2.75, 3.05) is 12.4 Å². The summed E-state index contributed by atoms with van der Waals surface area (Å²) in [5.41, 5.74) is 2.40. The summed E-state index contributed by atoms with van der Waals surface area (Å²) in [5, 5.41) is 13.3. The molecule has 4 rings (SSSR count). The van der Waals surface area contributed by atoms with Gasteiger partial charge in [-0.3, -0.25) is 0 Å². The number of carboxylic acid groups (broad SMARTS) is 1. The third-order valence-corrected chi connectivity index (χ3v) is 6.81. The first-order valence-electron chi connectivity index (χ1n) is 9.69. The van der Waals surface area contributed by atoms with Crippen molar-refractivity contribution in [2.45, 2.75) is 5.75 Å². The fourth-order valence-corrected chi connectivity index (χ4v) is 4.49. The molecule has 0 spiro atoms. The summed E-state index contributed by atoms with van der Waals surface area (Å²) < 4.78 is 26.6. The Morgan fingerprint density at radius 1 is 1.06 bits per heavy atom. The Balaban J connectivity index is 1.70. The van der Waals surface area contributed by atoms with Crippen molar-refractivity contribution in [2.24, 2.45) is 0 Å². The van der Waals surface area contributed by atoms with Crippen LogP contribution in [0.25, 0.3) is 22.2 Å². The maximum atomic E-state index is 11.9. The molecule has 0 aliphatic heterocycles. The molecular weight excluding hydrogens is 510 g/mol. The summed E-state index contributed by atoms with van der Waals surface area (Å²) in [4.78, 5) is 24.8. The van der Waals surface area contributed by atoms with Crippen LogP contribution >= 0.6 is 15.9 Å². The standard InChI is InChI=1S/C22H18BrN5O4S/c1-24-33(31,32)12-13-5-4-6-15(9-13)26-22-25-11-14-10-17(16-7-2-3-8-18(16)23)19(21(29)30)27-20(14)28-22/h2-11,24H,12H2,1H3,(H,29,30)(H,25,26,27,28). The van der Waals surface area contributed by atoms with E-state index in [1.165, 1.54) is 7.05 Å². The Morgan fingerprint density at radius 2 is 1.85 bits per heavy atom. The minimum atomic E-state index is -3.41. The summed E-state index contributed by atoms with van der Waals surface area (Å²) in [5.74, 6) is -1.14. The Morgan fingerprint density at radius 3 is 2.58 bits per heavy atom. The molecule has 2 heterocycles. The van der Waals surface area contributed by atoms with Gasteiger partial charge in [-0.1, -0.05) is 46.3 Å². The molecule has 0 aliphatic rings. The monoisotopic (exact) mass is 527 g/mol. The zero-order valence-corrected chi connectivity index (χ0v) is 19.7. The SMILES string of the molecule is CNS(=O)(=O)Cc1cccc(Nc2ncc3cc(-c4ccccc4Br)c(C(=O)O)nc3n2)c1. The molecule has 2 aromatic heterocycles. The Labute approximate surface area is 198 Å². The van der Waals surface area contributed by atoms with Gasteiger partial charge in [0.1, 0.15) is 0 Å². The van der Waals surface area contributed by atoms with Gasteiger partial charge in [0.25, 0.3) is 0 Å². The van der Waals surface area contributed by atoms with E-state index < -0.39 is 16.0 Å². The molecule has 0 bridgehead atoms. The molecule has 168 valence electrons. The second kappa shape index (κ2) is 9.22. The van der Waals surface area contributed by atoms with Gasteiger partial charge in [0.05, 0.1) is 5.75 Å². The van der Waals surface area contributed by atoms with E-state index >= 15 is 0 Å². The molecule has 11 heteroatoms. The van der Waals surface area contributed by atoms with Gasteiger partial charge in [-0.05, 0) is 42.4 Å². The average molecular weight is 528 g/mol. The lowest BCUT2D eigenvalue weighted by molar-refractivity contribution is 0.0691. The normalized spacial score (nSPS) is 11.5. The molecule has 0 saturated heterocycles. The van der Waals surface area contributed by atoms with E-state index in [9.17, 15) is 18.3 Å². The van der Waals surface area contributed by atoms with Gasteiger partial charge in [-0.15, -0.1) is 0 Å². The predicted octanol–water partition coefficient (Wildman–Crippen LogP) is 3.95. The van der Waals surface area contributed by atoms with E-state index in [0.29, 0.717) is 27.8 Å². The van der Waals surface area contributed by atoms with Crippen LogP contribution in [0.4, 0.5) is 11.6 Å². The van der Waals surface area contributed by atoms with Gasteiger partial charge >= 0.3 is 5.97 Å². The molecule has 3 N–H and O–H groups in total. The maximum absolute atomic E-state index is 11.9. The van der Waals surface area contributed by atoms with E-state index in [2.05, 4.69) is 40.9 Å². The number of hydrogen-bond acceptors (Lipinski definition) is 7. The highest BCUT2D eigenvalue weighted by Gasteiger charge is 2.18. The van der Waals surface area contributed by atoms with Gasteiger partial charge in [0.15, 0.2) is 11.3 Å². The Kier molecular flexibility index (Phi) is 6.36. The summed E-state index contributed by atoms with van der Waals surface area (Å²) in [6.07, 6.45) is 1.55. The van der Waals surface area contributed by atoms with Gasteiger partial charge in [-0.2, -0.15) is 4.98 Å². The number of aromatic carboxylic acids is 1. The lowest BCUT2D eigenvalue weighted by Gasteiger charge is -2.11. The molecule has 0 fully saturated rings. The Bertz CT molecular complexity index is 1480. The maximum Gasteiger partial charge on any atom is 0.355 e. The lowest BCUT2D eigenvalue weighted by atomic mass is 10.0. The van der Waals surface area contributed by atoms with Crippen molar-refractivity contribution in [1.82, 2.24) is 19.7 Å². The quantitative estimate of drug-likeness (QED) is 0.329. The highest BCUT2D eigenvalue weighted by Crippen LogP contribution is 2.32. The number of nitrogens with zero attached hydrogens (tertiary/aromatic N) is 3. The second-order valence-corrected chi connectivity index (χ2v) is 9.85. The minimum absolute atomic E-state index is 0.127. The molecule has 33 heavy (non-hydrogen) atoms. The first-order valence-corrected chi connectivity index (χ1v) is 12.1. The van der Waals surface area contributed by atoms with Crippen molar-refractivity contribution >= 4 is 54.6 Å². The molecule has 0 amide bonds. The molecule has 0 radical (unpaired) electrons. The number of halogens is 1. The first kappa shape index (κ1) is 22.8. The molecule has 2 aromatic carbocycles. The number of carbonyl (C=O) groups is 1. The van der Waals surface area contributed by atoms with Gasteiger partial charge in [0.2, 0.25) is 16.0 Å². The minimum Gasteiger partial charge on any atom is -0.476 e. The molecule has 9 nitrogen and oxygen atoms in total. The van der Waals surface area contributed by atoms with E-state index in [-0.39, 0.29) is 23.0 Å². The molecule has 0 unspecified atom stereocenters. The van der Waals surface area contributed by atoms with Crippen molar-refractivity contribution in [3.63, 3.8) is 0 Å². The summed E-state index contributed by atoms with van der Waals surface area (Å²) >= 11 is 3.45. The number of carboxylic acids is 1. The number of rotatable bonds is 7. The summed E-state index contributed by atoms with van der Waals surface area (Å²) in [6.45, 7) is 0. The summed E-state index contributed by atoms with van der Waals surface area (Å²) in [7, 11) is -2.05. The van der Waals surface area contributed by atoms with Crippen LogP contribution in [0.3, 0.4) is 0 Å². The lowest BCUT2D eigenvalue weighted by Crippen LogP contribution is -2.20. The van der Waals surface area contributed by atoms with Crippen LogP contribution < -0.4 is 10.0 Å². The third kappa shape index (κ3) is 5.16. The van der Waals surface area contributed by atoms with Crippen molar-refractivity contribution in [1.29, 1.82) is 0 Å². The first-order chi connectivity index (χ1) is 15.8. The molecule has 4 aromatic rings. The van der Waals surface area contributed by atoms with Gasteiger partial charge in [-0.25, -0.2) is 27.9 Å². The van der Waals surface area contributed by atoms with Crippen molar-refractivity contribution < 1.29 is 18.3 Å². The van der Waals surface area contributed by atoms with Crippen LogP contribution in [0.15, 0.2) is 65.3 Å². The number of benzene rings is 2. The number of aromatic nitrogens is 3. The number of sulfonamides is 1. The number of pyridine rings is 1. The average Bonchev–Trinajstić information content (AvgIpc) is 2.78. The van der Waals surface area contributed by atoms with Crippen LogP contribution in [-0.2, 0) is 15.8 Å². The van der Waals surface area contributed by atoms with Crippen molar-refractivity contribution in [3.8, 4) is 11.1 Å². The molecule has 0 saturated carbocycles. The van der Waals surface area contributed by atoms with E-state index in [1.54, 1.807) is 42.6 Å². The fourth-order valence-electron chi connectivity index (χ4n) is 3.23. The molecule has 0 atom stereocenters. The van der Waals surface area contributed by atoms with Crippen LogP contribution in [-0.4, -0.2) is 41.5 Å². The smallest absolute Gasteiger partial charge is 0.355 e. The van der Waals surface area contributed by atoms with Crippen LogP contribution in [0, 0.1) is 0 Å². The topological polar surface area (TPSA) is 134 Å². The predicted molar refractivity (Wildman–Crippen MR) is 129 cm³/mol. The van der Waals surface area contributed by atoms with Crippen LogP contribution in [0.1, 0.15) is 16.1 Å². The van der Waals surface area contributed by atoms with E-state index in [1.807, 2.05) is 18.2 Å². The number of fused-ring (bicyclic) bond motifs is 1. The third-order valence-electron chi connectivity index (χ3n) is 4.79. The zero-order valence-electron chi connectivity index (χ0n) is 17.3. The highest BCUT2D eigenvalue weighted by atomic mass is 79.9. The highest BCUT2D eigenvalue weighted by molar-refractivity contribution is 9.10.